The van der Waals surface area contributed by atoms with Gasteiger partial charge in [0, 0.05) is 5.56 Å². The molecule has 16 heavy (non-hydrogen) atoms. The Hall–Kier alpha value is -1.90. The lowest BCUT2D eigenvalue weighted by Crippen LogP contribution is -1.96. The van der Waals surface area contributed by atoms with Gasteiger partial charge in [0.1, 0.15) is 0 Å². The molecule has 3 heteroatoms. The van der Waals surface area contributed by atoms with Crippen molar-refractivity contribution >= 4 is 18.3 Å². The number of aldehydes is 1. The van der Waals surface area contributed by atoms with Crippen LogP contribution in [0.1, 0.15) is 27.9 Å². The first-order valence-electron chi connectivity index (χ1n) is 4.96. The smallest absolute Gasteiger partial charge is 0.309 e. The van der Waals surface area contributed by atoms with E-state index >= 15 is 0 Å². The first-order valence-corrected chi connectivity index (χ1v) is 4.96. The van der Waals surface area contributed by atoms with Gasteiger partial charge in [-0.3, -0.25) is 9.59 Å². The number of aryl methyl sites for hydroxylation is 1. The van der Waals surface area contributed by atoms with Crippen molar-refractivity contribution in [2.24, 2.45) is 0 Å². The number of rotatable bonds is 4. The minimum absolute atomic E-state index is 0.211. The molecule has 3 nitrogen and oxygen atoms in total. The first kappa shape index (κ1) is 12.2. The maximum absolute atomic E-state index is 10.9. The molecule has 0 aliphatic heterocycles. The van der Waals surface area contributed by atoms with Gasteiger partial charge in [0.2, 0.25) is 0 Å². The number of benzene rings is 1. The van der Waals surface area contributed by atoms with Crippen LogP contribution in [-0.4, -0.2) is 19.4 Å². The summed E-state index contributed by atoms with van der Waals surface area (Å²) in [5.74, 6) is -0.295. The van der Waals surface area contributed by atoms with Crippen molar-refractivity contribution in [3.8, 4) is 0 Å². The third kappa shape index (κ3) is 3.35. The molecule has 0 radical (unpaired) electrons. The van der Waals surface area contributed by atoms with Gasteiger partial charge in [-0.15, -0.1) is 0 Å². The topological polar surface area (TPSA) is 43.4 Å². The predicted molar refractivity (Wildman–Crippen MR) is 62.2 cm³/mol. The van der Waals surface area contributed by atoms with E-state index in [4.69, 9.17) is 0 Å². The average molecular weight is 218 g/mol. The van der Waals surface area contributed by atoms with E-state index < -0.39 is 0 Å². The molecule has 0 aliphatic rings. The van der Waals surface area contributed by atoms with Gasteiger partial charge in [-0.25, -0.2) is 0 Å². The monoisotopic (exact) mass is 218 g/mol. The van der Waals surface area contributed by atoms with Crippen LogP contribution in [0, 0.1) is 6.92 Å². The molecular weight excluding hydrogens is 204 g/mol. The van der Waals surface area contributed by atoms with Crippen LogP contribution < -0.4 is 0 Å². The van der Waals surface area contributed by atoms with Crippen LogP contribution in [0.25, 0.3) is 6.08 Å². The van der Waals surface area contributed by atoms with Crippen molar-refractivity contribution < 1.29 is 14.3 Å². The number of ether oxygens (including phenoxy) is 1. The number of carbonyl (C=O) groups excluding carboxylic acids is 2. The maximum atomic E-state index is 10.9. The Kier molecular flexibility index (Phi) is 4.45. The summed E-state index contributed by atoms with van der Waals surface area (Å²) < 4.78 is 4.50. The van der Waals surface area contributed by atoms with Crippen molar-refractivity contribution in [1.82, 2.24) is 0 Å². The van der Waals surface area contributed by atoms with E-state index in [0.29, 0.717) is 5.56 Å². The molecule has 0 saturated carbocycles. The minimum atomic E-state index is -0.295. The lowest BCUT2D eigenvalue weighted by atomic mass is 10.0. The van der Waals surface area contributed by atoms with Gasteiger partial charge in [-0.1, -0.05) is 29.8 Å². The van der Waals surface area contributed by atoms with E-state index in [1.165, 1.54) is 7.11 Å². The Balaban J connectivity index is 2.80. The largest absolute Gasteiger partial charge is 0.469 e. The van der Waals surface area contributed by atoms with Crippen LogP contribution in [0.2, 0.25) is 0 Å². The summed E-state index contributed by atoms with van der Waals surface area (Å²) in [5, 5.41) is 0. The molecule has 0 heterocycles. The molecule has 0 atom stereocenters. The Morgan fingerprint density at radius 1 is 1.38 bits per heavy atom. The Morgan fingerprint density at radius 2 is 2.12 bits per heavy atom. The number of hydrogen-bond acceptors (Lipinski definition) is 3. The molecule has 0 unspecified atom stereocenters. The standard InChI is InChI=1S/C13H14O3/c1-10-6-7-11(12(8-10)9-14)4-3-5-13(15)16-2/h3-4,6-9H,5H2,1-2H3. The molecule has 0 amide bonds. The van der Waals surface area contributed by atoms with Crippen molar-refractivity contribution in [3.63, 3.8) is 0 Å². The lowest BCUT2D eigenvalue weighted by molar-refractivity contribution is -0.139. The van der Waals surface area contributed by atoms with Crippen LogP contribution in [-0.2, 0) is 9.53 Å². The van der Waals surface area contributed by atoms with Gasteiger partial charge in [0.15, 0.2) is 6.29 Å². The van der Waals surface area contributed by atoms with E-state index in [9.17, 15) is 9.59 Å². The molecule has 0 spiro atoms. The summed E-state index contributed by atoms with van der Waals surface area (Å²) in [4.78, 5) is 21.7. The zero-order valence-corrected chi connectivity index (χ0v) is 9.40. The first-order chi connectivity index (χ1) is 7.67. The van der Waals surface area contributed by atoms with Crippen molar-refractivity contribution in [2.75, 3.05) is 7.11 Å². The van der Waals surface area contributed by atoms with Crippen molar-refractivity contribution in [2.45, 2.75) is 13.3 Å². The Morgan fingerprint density at radius 3 is 2.75 bits per heavy atom. The fourth-order valence-corrected chi connectivity index (χ4v) is 1.31. The molecule has 1 aromatic carbocycles. The highest BCUT2D eigenvalue weighted by Gasteiger charge is 1.99. The van der Waals surface area contributed by atoms with Crippen LogP contribution in [0.3, 0.4) is 0 Å². The average Bonchev–Trinajstić information content (AvgIpc) is 2.30. The van der Waals surface area contributed by atoms with E-state index in [1.54, 1.807) is 12.2 Å². The molecular formula is C13H14O3. The molecule has 0 saturated heterocycles. The third-order valence-electron chi connectivity index (χ3n) is 2.18. The summed E-state index contributed by atoms with van der Waals surface area (Å²) in [6.07, 6.45) is 4.46. The fraction of sp³-hybridized carbons (Fsp3) is 0.231. The van der Waals surface area contributed by atoms with E-state index in [-0.39, 0.29) is 12.4 Å². The van der Waals surface area contributed by atoms with E-state index in [1.807, 2.05) is 25.1 Å². The van der Waals surface area contributed by atoms with Crippen LogP contribution in [0.5, 0.6) is 0 Å². The van der Waals surface area contributed by atoms with Gasteiger partial charge < -0.3 is 4.74 Å². The number of carbonyl (C=O) groups is 2. The summed E-state index contributed by atoms with van der Waals surface area (Å²) in [5.41, 5.74) is 2.47. The van der Waals surface area contributed by atoms with Gasteiger partial charge in [-0.05, 0) is 18.6 Å². The van der Waals surface area contributed by atoms with E-state index in [2.05, 4.69) is 4.74 Å². The summed E-state index contributed by atoms with van der Waals surface area (Å²) in [6.45, 7) is 1.93. The quantitative estimate of drug-likeness (QED) is 0.575. The molecule has 0 aliphatic carbocycles. The van der Waals surface area contributed by atoms with Crippen molar-refractivity contribution in [3.05, 3.63) is 41.0 Å². The van der Waals surface area contributed by atoms with Gasteiger partial charge in [0.25, 0.3) is 0 Å². The molecule has 0 fully saturated rings. The molecule has 84 valence electrons. The molecule has 0 N–H and O–H groups in total. The SMILES string of the molecule is COC(=O)CC=Cc1ccc(C)cc1C=O. The Labute approximate surface area is 94.7 Å². The third-order valence-corrected chi connectivity index (χ3v) is 2.18. The van der Waals surface area contributed by atoms with Gasteiger partial charge in [0.05, 0.1) is 13.5 Å². The molecule has 1 aromatic rings. The molecule has 0 bridgehead atoms. The molecule has 0 aromatic heterocycles. The van der Waals surface area contributed by atoms with Gasteiger partial charge in [-0.2, -0.15) is 0 Å². The van der Waals surface area contributed by atoms with Crippen LogP contribution in [0.15, 0.2) is 24.3 Å². The highest BCUT2D eigenvalue weighted by Crippen LogP contribution is 2.11. The minimum Gasteiger partial charge on any atom is -0.469 e. The van der Waals surface area contributed by atoms with Crippen molar-refractivity contribution in [1.29, 1.82) is 0 Å². The van der Waals surface area contributed by atoms with Crippen LogP contribution in [0.4, 0.5) is 0 Å². The summed E-state index contributed by atoms with van der Waals surface area (Å²) in [6, 6.07) is 5.59. The lowest BCUT2D eigenvalue weighted by Gasteiger charge is -2.00. The molecule has 1 rings (SSSR count). The second kappa shape index (κ2) is 5.85. The zero-order chi connectivity index (χ0) is 12.0. The second-order valence-corrected chi connectivity index (χ2v) is 3.43. The maximum Gasteiger partial charge on any atom is 0.309 e. The van der Waals surface area contributed by atoms with Gasteiger partial charge >= 0.3 is 5.97 Å². The Bertz CT molecular complexity index is 419. The fourth-order valence-electron chi connectivity index (χ4n) is 1.31. The number of methoxy groups -OCH3 is 1. The number of hydrogen-bond donors (Lipinski definition) is 0. The summed E-state index contributed by atoms with van der Waals surface area (Å²) in [7, 11) is 1.35. The number of esters is 1. The normalized spacial score (nSPS) is 10.4. The zero-order valence-electron chi connectivity index (χ0n) is 9.40. The second-order valence-electron chi connectivity index (χ2n) is 3.43. The summed E-state index contributed by atoms with van der Waals surface area (Å²) >= 11 is 0. The van der Waals surface area contributed by atoms with E-state index in [0.717, 1.165) is 17.4 Å². The van der Waals surface area contributed by atoms with Crippen LogP contribution >= 0.6 is 0 Å². The highest BCUT2D eigenvalue weighted by molar-refractivity contribution is 5.82. The predicted octanol–water partition coefficient (Wildman–Crippen LogP) is 2.38. The highest BCUT2D eigenvalue weighted by atomic mass is 16.5.